The van der Waals surface area contributed by atoms with Crippen LogP contribution in [0.2, 0.25) is 0 Å². The van der Waals surface area contributed by atoms with Crippen molar-refractivity contribution in [1.29, 1.82) is 0 Å². The van der Waals surface area contributed by atoms with Gasteiger partial charge in [0.1, 0.15) is 19.1 Å². The van der Waals surface area contributed by atoms with Gasteiger partial charge in [0.25, 0.3) is 0 Å². The Hall–Kier alpha value is -3.80. The Morgan fingerprint density at radius 2 is 1.38 bits per heavy atom. The van der Waals surface area contributed by atoms with E-state index in [9.17, 15) is 9.59 Å². The van der Waals surface area contributed by atoms with Crippen molar-refractivity contribution in [1.82, 2.24) is 5.32 Å². The van der Waals surface area contributed by atoms with Crippen molar-refractivity contribution >= 4 is 11.8 Å². The summed E-state index contributed by atoms with van der Waals surface area (Å²) in [7, 11) is 0. The first-order valence-corrected chi connectivity index (χ1v) is 10.6. The predicted octanol–water partition coefficient (Wildman–Crippen LogP) is 3.62. The molecule has 166 valence electrons. The minimum absolute atomic E-state index is 0.374. The molecule has 3 N–H and O–H groups in total. The fraction of sp³-hybridized carbons (Fsp3) is 0.231. The second-order valence-corrected chi connectivity index (χ2v) is 7.49. The van der Waals surface area contributed by atoms with Crippen LogP contribution in [0, 0.1) is 5.92 Å². The predicted molar refractivity (Wildman–Crippen MR) is 123 cm³/mol. The quantitative estimate of drug-likeness (QED) is 0.453. The van der Waals surface area contributed by atoms with Crippen molar-refractivity contribution in [2.24, 2.45) is 11.7 Å². The van der Waals surface area contributed by atoms with Crippen LogP contribution in [0.4, 0.5) is 0 Å². The van der Waals surface area contributed by atoms with Crippen LogP contribution in [0.5, 0.6) is 11.5 Å². The molecule has 0 saturated heterocycles. The lowest BCUT2D eigenvalue weighted by Gasteiger charge is -2.15. The lowest BCUT2D eigenvalue weighted by atomic mass is 10.1. The number of benzene rings is 3. The highest BCUT2D eigenvalue weighted by molar-refractivity contribution is 5.99. The summed E-state index contributed by atoms with van der Waals surface area (Å²) >= 11 is 0. The largest absolute Gasteiger partial charge is 0.485 e. The molecule has 6 heteroatoms. The number of amides is 2. The zero-order chi connectivity index (χ0) is 22.8. The molecule has 1 atom stereocenters. The minimum Gasteiger partial charge on any atom is -0.485 e. The molecule has 0 aliphatic carbocycles. The number of nitrogens with one attached hydrogen (secondary N) is 1. The average molecular weight is 433 g/mol. The molecule has 32 heavy (non-hydrogen) atoms. The molecule has 6 nitrogen and oxygen atoms in total. The van der Waals surface area contributed by atoms with Gasteiger partial charge < -0.3 is 20.5 Å². The molecule has 0 heterocycles. The van der Waals surface area contributed by atoms with Crippen molar-refractivity contribution in [3.05, 3.63) is 95.6 Å². The number of hydrogen-bond donors (Lipinski definition) is 2. The molecule has 3 rings (SSSR count). The van der Waals surface area contributed by atoms with E-state index in [1.54, 1.807) is 0 Å². The lowest BCUT2D eigenvalue weighted by Crippen LogP contribution is -2.37. The van der Waals surface area contributed by atoms with Gasteiger partial charge in [-0.05, 0) is 42.2 Å². The summed E-state index contributed by atoms with van der Waals surface area (Å²) in [5, 5.41) is 2.74. The summed E-state index contributed by atoms with van der Waals surface area (Å²) < 4.78 is 12.1. The molecule has 0 aliphatic rings. The van der Waals surface area contributed by atoms with Gasteiger partial charge in [0.2, 0.25) is 11.8 Å². The molecule has 3 aromatic rings. The van der Waals surface area contributed by atoms with Crippen LogP contribution in [0.3, 0.4) is 0 Å². The van der Waals surface area contributed by atoms with Crippen molar-refractivity contribution in [2.45, 2.75) is 26.6 Å². The molecule has 1 unspecified atom stereocenters. The molecule has 0 spiro atoms. The van der Waals surface area contributed by atoms with Gasteiger partial charge >= 0.3 is 0 Å². The van der Waals surface area contributed by atoms with Crippen molar-refractivity contribution in [2.75, 3.05) is 6.54 Å². The summed E-state index contributed by atoms with van der Waals surface area (Å²) in [6, 6.07) is 25.6. The van der Waals surface area contributed by atoms with Crippen LogP contribution in [-0.4, -0.2) is 18.4 Å². The normalized spacial score (nSPS) is 11.4. The number of nitrogens with two attached hydrogens (primary N) is 1. The fourth-order valence-electron chi connectivity index (χ4n) is 3.02. The summed E-state index contributed by atoms with van der Waals surface area (Å²) in [6.45, 7) is 2.73. The zero-order valence-corrected chi connectivity index (χ0v) is 18.1. The minimum atomic E-state index is -0.853. The van der Waals surface area contributed by atoms with Gasteiger partial charge in [0.15, 0.2) is 11.5 Å². The van der Waals surface area contributed by atoms with Crippen molar-refractivity contribution in [3.63, 3.8) is 0 Å². The second-order valence-electron chi connectivity index (χ2n) is 7.49. The smallest absolute Gasteiger partial charge is 0.232 e. The van der Waals surface area contributed by atoms with Crippen LogP contribution in [-0.2, 0) is 29.2 Å². The zero-order valence-electron chi connectivity index (χ0n) is 18.1. The first-order chi connectivity index (χ1) is 15.5. The van der Waals surface area contributed by atoms with Gasteiger partial charge in [-0.2, -0.15) is 0 Å². The van der Waals surface area contributed by atoms with E-state index in [2.05, 4.69) is 5.32 Å². The molecule has 0 aliphatic heterocycles. The number of carbonyl (C=O) groups is 2. The molecule has 2 amide bonds. The highest BCUT2D eigenvalue weighted by atomic mass is 16.5. The molecule has 3 aromatic carbocycles. The van der Waals surface area contributed by atoms with E-state index in [1.807, 2.05) is 78.9 Å². The molecular weight excluding hydrogens is 404 g/mol. The molecule has 0 saturated carbocycles. The van der Waals surface area contributed by atoms with Gasteiger partial charge in [-0.3, -0.25) is 9.59 Å². The topological polar surface area (TPSA) is 90.7 Å². The van der Waals surface area contributed by atoms with E-state index >= 15 is 0 Å². The van der Waals surface area contributed by atoms with E-state index in [1.165, 1.54) is 6.92 Å². The maximum absolute atomic E-state index is 11.9. The van der Waals surface area contributed by atoms with Gasteiger partial charge in [-0.25, -0.2) is 0 Å². The maximum atomic E-state index is 11.9. The van der Waals surface area contributed by atoms with Crippen LogP contribution >= 0.6 is 0 Å². The first kappa shape index (κ1) is 22.9. The third-order valence-corrected chi connectivity index (χ3v) is 5.02. The van der Waals surface area contributed by atoms with E-state index in [-0.39, 0.29) is 5.91 Å². The Morgan fingerprint density at radius 1 is 0.812 bits per heavy atom. The number of primary amides is 1. The van der Waals surface area contributed by atoms with E-state index in [0.29, 0.717) is 37.7 Å². The number of carbonyl (C=O) groups excluding carboxylic acids is 2. The first-order valence-electron chi connectivity index (χ1n) is 10.6. The summed E-state index contributed by atoms with van der Waals surface area (Å²) in [4.78, 5) is 23.1. The molecule has 0 radical (unpaired) electrons. The van der Waals surface area contributed by atoms with Crippen molar-refractivity contribution < 1.29 is 19.1 Å². The number of rotatable bonds is 11. The fourth-order valence-corrected chi connectivity index (χ4v) is 3.02. The summed E-state index contributed by atoms with van der Waals surface area (Å²) in [5.74, 6) is -0.576. The summed E-state index contributed by atoms with van der Waals surface area (Å²) in [5.41, 5.74) is 8.28. The monoisotopic (exact) mass is 432 g/mol. The molecular formula is C26H28N2O4. The Bertz CT molecular complexity index is 1020. The van der Waals surface area contributed by atoms with Gasteiger partial charge in [0, 0.05) is 6.54 Å². The third-order valence-electron chi connectivity index (χ3n) is 5.02. The van der Waals surface area contributed by atoms with Crippen LogP contribution in [0.25, 0.3) is 0 Å². The van der Waals surface area contributed by atoms with Crippen LogP contribution < -0.4 is 20.5 Å². The highest BCUT2D eigenvalue weighted by Crippen LogP contribution is 2.30. The third kappa shape index (κ3) is 6.87. The Morgan fingerprint density at radius 3 is 1.94 bits per heavy atom. The lowest BCUT2D eigenvalue weighted by molar-refractivity contribution is -0.132. The Balaban J connectivity index is 1.67. The average Bonchev–Trinajstić information content (AvgIpc) is 2.82. The van der Waals surface area contributed by atoms with E-state index in [0.717, 1.165) is 16.7 Å². The number of hydrogen-bond acceptors (Lipinski definition) is 4. The molecule has 0 aromatic heterocycles. The van der Waals surface area contributed by atoms with E-state index in [4.69, 9.17) is 15.2 Å². The Kier molecular flexibility index (Phi) is 8.26. The van der Waals surface area contributed by atoms with Crippen LogP contribution in [0.15, 0.2) is 78.9 Å². The number of ether oxygens (including phenoxy) is 2. The molecule has 0 bridgehead atoms. The van der Waals surface area contributed by atoms with Gasteiger partial charge in [-0.15, -0.1) is 0 Å². The van der Waals surface area contributed by atoms with Crippen LogP contribution in [0.1, 0.15) is 23.6 Å². The Labute approximate surface area is 188 Å². The standard InChI is InChI=1S/C26H28N2O4/c1-19(25(27)29)26(30)28-15-14-20-12-13-23(31-17-21-8-4-2-5-9-21)24(16-20)32-18-22-10-6-3-7-11-22/h2-13,16,19H,14-15,17-18H2,1H3,(H2,27,29)(H,28,30). The van der Waals surface area contributed by atoms with Crippen molar-refractivity contribution in [3.8, 4) is 11.5 Å². The second kappa shape index (κ2) is 11.6. The van der Waals surface area contributed by atoms with Gasteiger partial charge in [0.05, 0.1) is 0 Å². The summed E-state index contributed by atoms with van der Waals surface area (Å²) in [6.07, 6.45) is 0.581. The maximum Gasteiger partial charge on any atom is 0.232 e. The SMILES string of the molecule is CC(C(N)=O)C(=O)NCCc1ccc(OCc2ccccc2)c(OCc2ccccc2)c1. The van der Waals surface area contributed by atoms with Gasteiger partial charge in [-0.1, -0.05) is 66.7 Å². The molecule has 0 fully saturated rings. The van der Waals surface area contributed by atoms with E-state index < -0.39 is 11.8 Å². The highest BCUT2D eigenvalue weighted by Gasteiger charge is 2.17.